The molecule has 0 saturated carbocycles. The number of thiocarbonyl (C=S) groups is 1. The molecule has 3 aliphatic heterocycles. The number of nitro groups is 1. The van der Waals surface area contributed by atoms with E-state index < -0.39 is 0 Å². The average molecular weight is 529 g/mol. The first-order valence-electron chi connectivity index (χ1n) is 12.0. The molecule has 0 unspecified atom stereocenters. The van der Waals surface area contributed by atoms with Crippen molar-refractivity contribution in [2.24, 2.45) is 0 Å². The minimum atomic E-state index is -0.331. The van der Waals surface area contributed by atoms with Crippen molar-refractivity contribution >= 4 is 51.7 Å². The Morgan fingerprint density at radius 1 is 1.22 bits per heavy atom. The highest BCUT2D eigenvalue weighted by Gasteiger charge is 2.35. The van der Waals surface area contributed by atoms with E-state index in [2.05, 4.69) is 0 Å². The van der Waals surface area contributed by atoms with Gasteiger partial charge in [-0.2, -0.15) is 0 Å². The standard InChI is InChI=1S/C25H28N4O5S2/c1-16-12-18(13-23-24(30)27(25(35)36-23)15-20-4-3-9-34-20)17(2)28(16)19-5-6-21(22(14-19)29(31)32)26-7-10-33-11-8-26/h5-6,12-14,20H,3-4,7-11,15H2,1-2H3/b23-13-/t20-/m0/s1. The molecule has 1 atom stereocenters. The predicted molar refractivity (Wildman–Crippen MR) is 144 cm³/mol. The van der Waals surface area contributed by atoms with Gasteiger partial charge in [0.05, 0.1) is 41.4 Å². The van der Waals surface area contributed by atoms with Crippen LogP contribution in [0.3, 0.4) is 0 Å². The number of amides is 1. The van der Waals surface area contributed by atoms with Crippen LogP contribution >= 0.6 is 24.0 Å². The van der Waals surface area contributed by atoms with E-state index in [0.29, 0.717) is 53.4 Å². The molecular formula is C25H28N4O5S2. The van der Waals surface area contributed by atoms with Gasteiger partial charge in [-0.1, -0.05) is 24.0 Å². The zero-order chi connectivity index (χ0) is 25.4. The number of nitro benzene ring substituents is 1. The Morgan fingerprint density at radius 2 is 2.00 bits per heavy atom. The van der Waals surface area contributed by atoms with Crippen molar-refractivity contribution in [3.63, 3.8) is 0 Å². The van der Waals surface area contributed by atoms with E-state index >= 15 is 0 Å². The molecule has 0 spiro atoms. The highest BCUT2D eigenvalue weighted by molar-refractivity contribution is 8.26. The van der Waals surface area contributed by atoms with Crippen molar-refractivity contribution in [1.82, 2.24) is 9.47 Å². The van der Waals surface area contributed by atoms with Gasteiger partial charge in [0, 0.05) is 37.2 Å². The fourth-order valence-corrected chi connectivity index (χ4v) is 6.26. The summed E-state index contributed by atoms with van der Waals surface area (Å²) in [6, 6.07) is 7.33. The minimum Gasteiger partial charge on any atom is -0.378 e. The number of ether oxygens (including phenoxy) is 2. The van der Waals surface area contributed by atoms with Gasteiger partial charge in [-0.05, 0) is 56.5 Å². The van der Waals surface area contributed by atoms with Crippen LogP contribution in [0.2, 0.25) is 0 Å². The van der Waals surface area contributed by atoms with Gasteiger partial charge in [-0.3, -0.25) is 19.8 Å². The monoisotopic (exact) mass is 528 g/mol. The SMILES string of the molecule is Cc1cc(/C=C2\SC(=S)N(C[C@@H]3CCCO3)C2=O)c(C)n1-c1ccc(N2CCOCC2)c([N+](=O)[O-])c1. The third-order valence-corrected chi connectivity index (χ3v) is 8.18. The van der Waals surface area contributed by atoms with Gasteiger partial charge >= 0.3 is 0 Å². The summed E-state index contributed by atoms with van der Waals surface area (Å²) < 4.78 is 13.6. The van der Waals surface area contributed by atoms with Gasteiger partial charge < -0.3 is 18.9 Å². The number of nitrogens with zero attached hydrogens (tertiary/aromatic N) is 4. The van der Waals surface area contributed by atoms with Crippen molar-refractivity contribution in [1.29, 1.82) is 0 Å². The summed E-state index contributed by atoms with van der Waals surface area (Å²) >= 11 is 6.78. The molecule has 3 saturated heterocycles. The van der Waals surface area contributed by atoms with Crippen LogP contribution in [0.25, 0.3) is 11.8 Å². The number of aryl methyl sites for hydroxylation is 1. The Balaban J connectivity index is 1.43. The minimum absolute atomic E-state index is 0.0353. The van der Waals surface area contributed by atoms with Crippen molar-refractivity contribution in [2.75, 3.05) is 44.4 Å². The molecule has 36 heavy (non-hydrogen) atoms. The van der Waals surface area contributed by atoms with Crippen LogP contribution in [0.4, 0.5) is 11.4 Å². The molecule has 190 valence electrons. The van der Waals surface area contributed by atoms with Gasteiger partial charge in [-0.15, -0.1) is 0 Å². The third kappa shape index (κ3) is 4.80. The van der Waals surface area contributed by atoms with Crippen LogP contribution in [-0.2, 0) is 14.3 Å². The molecule has 0 bridgehead atoms. The zero-order valence-electron chi connectivity index (χ0n) is 20.3. The molecule has 1 amide bonds. The molecule has 0 radical (unpaired) electrons. The molecule has 0 aliphatic carbocycles. The lowest BCUT2D eigenvalue weighted by molar-refractivity contribution is -0.384. The van der Waals surface area contributed by atoms with E-state index in [1.165, 1.54) is 11.8 Å². The van der Waals surface area contributed by atoms with Crippen LogP contribution in [0.1, 0.15) is 29.8 Å². The normalized spacial score (nSPS) is 21.7. The maximum absolute atomic E-state index is 13.1. The number of aromatic nitrogens is 1. The number of anilines is 1. The fraction of sp³-hybridized carbons (Fsp3) is 0.440. The third-order valence-electron chi connectivity index (χ3n) is 6.81. The summed E-state index contributed by atoms with van der Waals surface area (Å²) in [6.07, 6.45) is 3.85. The van der Waals surface area contributed by atoms with Crippen molar-refractivity contribution < 1.29 is 19.2 Å². The highest BCUT2D eigenvalue weighted by Crippen LogP contribution is 2.36. The van der Waals surface area contributed by atoms with Crippen LogP contribution < -0.4 is 4.90 Å². The van der Waals surface area contributed by atoms with Gasteiger partial charge in [0.15, 0.2) is 0 Å². The lowest BCUT2D eigenvalue weighted by Crippen LogP contribution is -2.36. The molecule has 5 rings (SSSR count). The molecule has 11 heteroatoms. The number of hydrogen-bond acceptors (Lipinski definition) is 8. The lowest BCUT2D eigenvalue weighted by atomic mass is 10.2. The lowest BCUT2D eigenvalue weighted by Gasteiger charge is -2.28. The first-order valence-corrected chi connectivity index (χ1v) is 13.2. The van der Waals surface area contributed by atoms with E-state index in [1.807, 2.05) is 47.6 Å². The molecule has 2 aromatic rings. The van der Waals surface area contributed by atoms with Gasteiger partial charge in [-0.25, -0.2) is 0 Å². The number of rotatable bonds is 6. The first-order chi connectivity index (χ1) is 17.3. The first kappa shape index (κ1) is 24.9. The summed E-state index contributed by atoms with van der Waals surface area (Å²) in [5.74, 6) is -0.101. The molecule has 4 heterocycles. The highest BCUT2D eigenvalue weighted by atomic mass is 32.2. The van der Waals surface area contributed by atoms with E-state index in [1.54, 1.807) is 11.0 Å². The molecular weight excluding hydrogens is 500 g/mol. The number of morpholine rings is 1. The Hall–Kier alpha value is -2.73. The second-order valence-corrected chi connectivity index (χ2v) is 10.8. The Kier molecular flexibility index (Phi) is 7.16. The molecule has 3 fully saturated rings. The molecule has 9 nitrogen and oxygen atoms in total. The van der Waals surface area contributed by atoms with Crippen molar-refractivity contribution in [2.45, 2.75) is 32.8 Å². The fourth-order valence-electron chi connectivity index (χ4n) is 4.99. The number of thioether (sulfide) groups is 1. The predicted octanol–water partition coefficient (Wildman–Crippen LogP) is 4.22. The largest absolute Gasteiger partial charge is 0.378 e. The smallest absolute Gasteiger partial charge is 0.294 e. The van der Waals surface area contributed by atoms with E-state index in [9.17, 15) is 14.9 Å². The summed E-state index contributed by atoms with van der Waals surface area (Å²) in [5.41, 5.74) is 4.07. The molecule has 1 aromatic carbocycles. The zero-order valence-corrected chi connectivity index (χ0v) is 21.9. The number of benzene rings is 1. The molecule has 0 N–H and O–H groups in total. The number of carbonyl (C=O) groups is 1. The van der Waals surface area contributed by atoms with Gasteiger partial charge in [0.1, 0.15) is 10.0 Å². The number of carbonyl (C=O) groups excluding carboxylic acids is 1. The maximum Gasteiger partial charge on any atom is 0.294 e. The maximum atomic E-state index is 13.1. The van der Waals surface area contributed by atoms with Crippen LogP contribution in [0.15, 0.2) is 29.2 Å². The van der Waals surface area contributed by atoms with Crippen molar-refractivity contribution in [3.05, 3.63) is 56.2 Å². The Bertz CT molecular complexity index is 1250. The molecule has 3 aliphatic rings. The van der Waals surface area contributed by atoms with E-state index in [-0.39, 0.29) is 22.6 Å². The van der Waals surface area contributed by atoms with Gasteiger partial charge in [0.2, 0.25) is 0 Å². The Morgan fingerprint density at radius 3 is 2.69 bits per heavy atom. The summed E-state index contributed by atoms with van der Waals surface area (Å²) in [5, 5.41) is 11.9. The van der Waals surface area contributed by atoms with Gasteiger partial charge in [0.25, 0.3) is 11.6 Å². The van der Waals surface area contributed by atoms with Crippen LogP contribution in [-0.4, -0.2) is 70.2 Å². The second-order valence-electron chi connectivity index (χ2n) is 9.12. The summed E-state index contributed by atoms with van der Waals surface area (Å²) in [7, 11) is 0. The summed E-state index contributed by atoms with van der Waals surface area (Å²) in [4.78, 5) is 28.9. The van der Waals surface area contributed by atoms with Crippen molar-refractivity contribution in [3.8, 4) is 5.69 Å². The second kappa shape index (κ2) is 10.3. The van der Waals surface area contributed by atoms with E-state index in [0.717, 1.165) is 36.4 Å². The number of hydrogen-bond donors (Lipinski definition) is 0. The van der Waals surface area contributed by atoms with Crippen LogP contribution in [0, 0.1) is 24.0 Å². The Labute approximate surface area is 219 Å². The molecule has 1 aromatic heterocycles. The topological polar surface area (TPSA) is 90.1 Å². The van der Waals surface area contributed by atoms with E-state index in [4.69, 9.17) is 21.7 Å². The van der Waals surface area contributed by atoms with Crippen LogP contribution in [0.5, 0.6) is 0 Å². The quantitative estimate of drug-likeness (QED) is 0.238. The summed E-state index contributed by atoms with van der Waals surface area (Å²) in [6.45, 7) is 7.47. The average Bonchev–Trinajstić information content (AvgIpc) is 3.55.